The monoisotopic (exact) mass is 371 g/mol. The zero-order valence-corrected chi connectivity index (χ0v) is 15.2. The largest absolute Gasteiger partial charge is 0.452 e. The zero-order chi connectivity index (χ0) is 19.2. The molecule has 1 atom stereocenters. The van der Waals surface area contributed by atoms with Gasteiger partial charge in [0.05, 0.1) is 4.90 Å². The third-order valence-corrected chi connectivity index (χ3v) is 4.74. The molecule has 138 valence electrons. The maximum absolute atomic E-state index is 12.2. The first kappa shape index (κ1) is 20.6. The Morgan fingerprint density at radius 2 is 1.80 bits per heavy atom. The summed E-state index contributed by atoms with van der Waals surface area (Å²) in [4.78, 5) is 34.3. The van der Waals surface area contributed by atoms with Crippen LogP contribution in [0.25, 0.3) is 0 Å². The van der Waals surface area contributed by atoms with Crippen LogP contribution in [0.2, 0.25) is 0 Å². The van der Waals surface area contributed by atoms with Gasteiger partial charge in [0.2, 0.25) is 10.0 Å². The number of benzene rings is 1. The maximum atomic E-state index is 12.2. The molecule has 0 spiro atoms. The van der Waals surface area contributed by atoms with Crippen molar-refractivity contribution in [1.82, 2.24) is 15.4 Å². The molecule has 3 N–H and O–H groups in total. The number of hydrogen-bond acceptors (Lipinski definition) is 6. The fourth-order valence-corrected chi connectivity index (χ4v) is 2.74. The van der Waals surface area contributed by atoms with Crippen LogP contribution in [0.4, 0.5) is 4.79 Å². The fourth-order valence-electron chi connectivity index (χ4n) is 1.69. The number of hydrogen-bond donors (Lipinski definition) is 3. The van der Waals surface area contributed by atoms with E-state index in [1.54, 1.807) is 13.0 Å². The van der Waals surface area contributed by atoms with Crippen molar-refractivity contribution in [2.45, 2.75) is 31.8 Å². The van der Waals surface area contributed by atoms with Crippen LogP contribution in [0, 0.1) is 13.8 Å². The van der Waals surface area contributed by atoms with E-state index in [0.717, 1.165) is 11.1 Å². The van der Waals surface area contributed by atoms with E-state index in [9.17, 15) is 22.8 Å². The van der Waals surface area contributed by atoms with Gasteiger partial charge in [-0.05, 0) is 44.0 Å². The molecule has 1 unspecified atom stereocenters. The van der Waals surface area contributed by atoms with Gasteiger partial charge in [-0.3, -0.25) is 14.9 Å². The van der Waals surface area contributed by atoms with E-state index < -0.39 is 40.6 Å². The Balaban J connectivity index is 2.61. The first-order chi connectivity index (χ1) is 11.6. The highest BCUT2D eigenvalue weighted by atomic mass is 32.2. The number of nitrogens with one attached hydrogen (secondary N) is 3. The number of ether oxygens (including phenoxy) is 1. The third-order valence-electron chi connectivity index (χ3n) is 3.34. The molecule has 0 saturated carbocycles. The Morgan fingerprint density at radius 3 is 2.36 bits per heavy atom. The molecule has 0 aliphatic rings. The molecule has 9 nitrogen and oxygen atoms in total. The van der Waals surface area contributed by atoms with Crippen molar-refractivity contribution in [1.29, 1.82) is 0 Å². The summed E-state index contributed by atoms with van der Waals surface area (Å²) >= 11 is 0. The lowest BCUT2D eigenvalue weighted by molar-refractivity contribution is -0.153. The number of aryl methyl sites for hydroxylation is 2. The number of rotatable bonds is 6. The molecule has 0 saturated heterocycles. The van der Waals surface area contributed by atoms with E-state index in [0.29, 0.717) is 0 Å². The van der Waals surface area contributed by atoms with Crippen LogP contribution in [-0.4, -0.2) is 46.0 Å². The Morgan fingerprint density at radius 1 is 1.16 bits per heavy atom. The smallest absolute Gasteiger partial charge is 0.321 e. The van der Waals surface area contributed by atoms with Crippen molar-refractivity contribution < 1.29 is 27.5 Å². The molecule has 3 amide bonds. The van der Waals surface area contributed by atoms with Crippen LogP contribution in [-0.2, 0) is 24.3 Å². The van der Waals surface area contributed by atoms with Gasteiger partial charge in [-0.1, -0.05) is 6.07 Å². The van der Waals surface area contributed by atoms with Gasteiger partial charge in [-0.15, -0.1) is 0 Å². The first-order valence-electron chi connectivity index (χ1n) is 7.35. The van der Waals surface area contributed by atoms with Crippen molar-refractivity contribution in [2.75, 3.05) is 13.6 Å². The van der Waals surface area contributed by atoms with Crippen LogP contribution in [0.3, 0.4) is 0 Å². The lowest BCUT2D eigenvalue weighted by atomic mass is 10.1. The lowest BCUT2D eigenvalue weighted by Crippen LogP contribution is -2.44. The minimum atomic E-state index is -3.89. The van der Waals surface area contributed by atoms with Crippen molar-refractivity contribution >= 4 is 27.9 Å². The van der Waals surface area contributed by atoms with Gasteiger partial charge in [-0.25, -0.2) is 13.2 Å². The Kier molecular flexibility index (Phi) is 7.07. The molecule has 10 heteroatoms. The summed E-state index contributed by atoms with van der Waals surface area (Å²) in [5, 5.41) is 4.11. The summed E-state index contributed by atoms with van der Waals surface area (Å²) in [6.45, 7) is 4.23. The summed E-state index contributed by atoms with van der Waals surface area (Å²) in [5.41, 5.74) is 1.74. The van der Waals surface area contributed by atoms with E-state index in [-0.39, 0.29) is 4.90 Å². The number of sulfonamides is 1. The van der Waals surface area contributed by atoms with Gasteiger partial charge in [-0.2, -0.15) is 4.72 Å². The second-order valence-corrected chi connectivity index (χ2v) is 7.04. The highest BCUT2D eigenvalue weighted by molar-refractivity contribution is 7.89. The number of esters is 1. The van der Waals surface area contributed by atoms with E-state index in [4.69, 9.17) is 4.74 Å². The molecule has 1 rings (SSSR count). The number of urea groups is 1. The van der Waals surface area contributed by atoms with E-state index in [2.05, 4.69) is 10.0 Å². The standard InChI is InChI=1S/C15H21N3O6S/c1-9-5-6-12(7-10(9)2)25(22,23)17-8-13(19)24-11(3)14(20)18-15(21)16-4/h5-7,11,17H,8H2,1-4H3,(H2,16,18,20,21). The Labute approximate surface area is 146 Å². The predicted octanol–water partition coefficient (Wildman–Crippen LogP) is -0.0310. The highest BCUT2D eigenvalue weighted by Crippen LogP contribution is 2.14. The number of carbonyl (C=O) groups excluding carboxylic acids is 3. The van der Waals surface area contributed by atoms with Crippen molar-refractivity contribution in [3.05, 3.63) is 29.3 Å². The lowest BCUT2D eigenvalue weighted by Gasteiger charge is -2.13. The molecule has 0 aromatic heterocycles. The number of imide groups is 1. The van der Waals surface area contributed by atoms with Gasteiger partial charge in [0.25, 0.3) is 5.91 Å². The molecular weight excluding hydrogens is 350 g/mol. The van der Waals surface area contributed by atoms with E-state index in [1.807, 2.05) is 12.2 Å². The number of amides is 3. The van der Waals surface area contributed by atoms with E-state index >= 15 is 0 Å². The second-order valence-electron chi connectivity index (χ2n) is 5.27. The van der Waals surface area contributed by atoms with Crippen LogP contribution in [0.5, 0.6) is 0 Å². The highest BCUT2D eigenvalue weighted by Gasteiger charge is 2.21. The second kappa shape index (κ2) is 8.58. The topological polar surface area (TPSA) is 131 Å². The zero-order valence-electron chi connectivity index (χ0n) is 14.4. The van der Waals surface area contributed by atoms with Gasteiger partial charge < -0.3 is 10.1 Å². The van der Waals surface area contributed by atoms with Gasteiger partial charge in [0.1, 0.15) is 6.54 Å². The van der Waals surface area contributed by atoms with E-state index in [1.165, 1.54) is 26.1 Å². The molecule has 0 radical (unpaired) electrons. The minimum Gasteiger partial charge on any atom is -0.452 e. The molecule has 0 fully saturated rings. The molecule has 1 aromatic rings. The molecule has 0 aliphatic heterocycles. The summed E-state index contributed by atoms with van der Waals surface area (Å²) < 4.78 is 31.2. The van der Waals surface area contributed by atoms with Crippen LogP contribution in [0.15, 0.2) is 23.1 Å². The summed E-state index contributed by atoms with van der Waals surface area (Å²) in [5.74, 6) is -1.78. The summed E-state index contributed by atoms with van der Waals surface area (Å²) in [6, 6.07) is 3.83. The Bertz CT molecular complexity index is 775. The molecule has 0 bridgehead atoms. The predicted molar refractivity (Wildman–Crippen MR) is 89.3 cm³/mol. The molecule has 1 aromatic carbocycles. The molecule has 25 heavy (non-hydrogen) atoms. The Hall–Kier alpha value is -2.46. The average Bonchev–Trinajstić information content (AvgIpc) is 2.55. The van der Waals surface area contributed by atoms with Crippen molar-refractivity contribution in [2.24, 2.45) is 0 Å². The molecule has 0 heterocycles. The molecule has 0 aliphatic carbocycles. The third kappa shape index (κ3) is 6.16. The SMILES string of the molecule is CNC(=O)NC(=O)C(C)OC(=O)CNS(=O)(=O)c1ccc(C)c(C)c1. The average molecular weight is 371 g/mol. The normalized spacial score (nSPS) is 12.2. The van der Waals surface area contributed by atoms with Gasteiger partial charge in [0, 0.05) is 7.05 Å². The first-order valence-corrected chi connectivity index (χ1v) is 8.84. The van der Waals surface area contributed by atoms with Gasteiger partial charge in [0.15, 0.2) is 6.10 Å². The number of carbonyl (C=O) groups is 3. The fraction of sp³-hybridized carbons (Fsp3) is 0.400. The quantitative estimate of drug-likeness (QED) is 0.602. The van der Waals surface area contributed by atoms with Gasteiger partial charge >= 0.3 is 12.0 Å². The molecular formula is C15H21N3O6S. The van der Waals surface area contributed by atoms with Crippen LogP contribution >= 0.6 is 0 Å². The summed E-state index contributed by atoms with van der Waals surface area (Å²) in [6.07, 6.45) is -1.25. The maximum Gasteiger partial charge on any atom is 0.321 e. The minimum absolute atomic E-state index is 0.0220. The van der Waals surface area contributed by atoms with Crippen LogP contribution < -0.4 is 15.4 Å². The summed E-state index contributed by atoms with van der Waals surface area (Å²) in [7, 11) is -2.57. The van der Waals surface area contributed by atoms with Crippen molar-refractivity contribution in [3.63, 3.8) is 0 Å². The van der Waals surface area contributed by atoms with Crippen LogP contribution in [0.1, 0.15) is 18.1 Å². The van der Waals surface area contributed by atoms with Crippen molar-refractivity contribution in [3.8, 4) is 0 Å².